The topological polar surface area (TPSA) is 51.5 Å². The van der Waals surface area contributed by atoms with Crippen LogP contribution in [0.25, 0.3) is 10.9 Å². The first-order valence-corrected chi connectivity index (χ1v) is 8.88. The third kappa shape index (κ3) is 3.06. The average molecular weight is 412 g/mol. The van der Waals surface area contributed by atoms with E-state index in [1.807, 2.05) is 22.9 Å². The summed E-state index contributed by atoms with van der Waals surface area (Å²) in [5.74, 6) is -1.26. The minimum absolute atomic E-state index is 0.114. The average Bonchev–Trinajstić information content (AvgIpc) is 3.03. The second kappa shape index (κ2) is 6.57. The van der Waals surface area contributed by atoms with Crippen LogP contribution in [0, 0.1) is 12.7 Å². The number of rotatable bonds is 5. The number of carboxylic acids is 1. The van der Waals surface area contributed by atoms with Gasteiger partial charge in [-0.05, 0) is 51.5 Å². The van der Waals surface area contributed by atoms with Gasteiger partial charge in [-0.1, -0.05) is 0 Å². The van der Waals surface area contributed by atoms with Gasteiger partial charge >= 0.3 is 5.97 Å². The lowest BCUT2D eigenvalue weighted by Crippen LogP contribution is -2.04. The summed E-state index contributed by atoms with van der Waals surface area (Å²) < 4.78 is 22.2. The highest BCUT2D eigenvalue weighted by Crippen LogP contribution is 2.33. The number of hydrogen-bond donors (Lipinski definition) is 1. The highest BCUT2D eigenvalue weighted by Gasteiger charge is 2.19. The van der Waals surface area contributed by atoms with E-state index in [-0.39, 0.29) is 12.2 Å². The predicted molar refractivity (Wildman–Crippen MR) is 95.6 cm³/mol. The summed E-state index contributed by atoms with van der Waals surface area (Å²) in [6, 6.07) is 5.00. The van der Waals surface area contributed by atoms with E-state index in [1.54, 1.807) is 17.4 Å². The molecule has 7 heteroatoms. The van der Waals surface area contributed by atoms with Crippen LogP contribution in [0.2, 0.25) is 0 Å². The Morgan fingerprint density at radius 2 is 2.17 bits per heavy atom. The number of fused-ring (bicyclic) bond motifs is 1. The van der Waals surface area contributed by atoms with Crippen molar-refractivity contribution in [1.82, 2.24) is 4.57 Å². The molecular formula is C17H15BrFNO3S. The van der Waals surface area contributed by atoms with Gasteiger partial charge in [0.1, 0.15) is 0 Å². The van der Waals surface area contributed by atoms with Crippen molar-refractivity contribution < 1.29 is 19.0 Å². The van der Waals surface area contributed by atoms with Gasteiger partial charge in [0.05, 0.1) is 22.8 Å². The van der Waals surface area contributed by atoms with Crippen molar-refractivity contribution in [3.8, 4) is 5.75 Å². The van der Waals surface area contributed by atoms with Gasteiger partial charge < -0.3 is 14.4 Å². The molecule has 2 aromatic heterocycles. The van der Waals surface area contributed by atoms with Gasteiger partial charge in [0.2, 0.25) is 0 Å². The van der Waals surface area contributed by atoms with Crippen molar-refractivity contribution in [3.05, 3.63) is 50.0 Å². The maximum absolute atomic E-state index is 14.2. The van der Waals surface area contributed by atoms with E-state index < -0.39 is 11.8 Å². The largest absolute Gasteiger partial charge is 0.494 e. The van der Waals surface area contributed by atoms with Gasteiger partial charge in [0.15, 0.2) is 11.6 Å². The Kier molecular flexibility index (Phi) is 4.64. The molecule has 1 N–H and O–H groups in total. The van der Waals surface area contributed by atoms with Crippen molar-refractivity contribution in [2.75, 3.05) is 7.11 Å². The first-order chi connectivity index (χ1) is 11.4. The van der Waals surface area contributed by atoms with Crippen molar-refractivity contribution in [1.29, 1.82) is 0 Å². The number of benzene rings is 1. The van der Waals surface area contributed by atoms with Crippen LogP contribution in [-0.4, -0.2) is 22.8 Å². The molecule has 0 aliphatic carbocycles. The molecule has 0 unspecified atom stereocenters. The van der Waals surface area contributed by atoms with E-state index in [9.17, 15) is 14.3 Å². The number of aliphatic carboxylic acids is 1. The maximum atomic E-state index is 14.2. The number of hydrogen-bond acceptors (Lipinski definition) is 3. The van der Waals surface area contributed by atoms with Crippen LogP contribution in [-0.2, 0) is 17.8 Å². The summed E-state index contributed by atoms with van der Waals surface area (Å²) in [7, 11) is 1.40. The van der Waals surface area contributed by atoms with Gasteiger partial charge in [-0.2, -0.15) is 0 Å². The zero-order valence-corrected chi connectivity index (χ0v) is 15.5. The smallest absolute Gasteiger partial charge is 0.307 e. The Morgan fingerprint density at radius 3 is 2.75 bits per heavy atom. The van der Waals surface area contributed by atoms with E-state index in [0.29, 0.717) is 23.0 Å². The molecule has 0 saturated carbocycles. The Labute approximate surface area is 150 Å². The van der Waals surface area contributed by atoms with E-state index in [4.69, 9.17) is 4.74 Å². The molecule has 126 valence electrons. The van der Waals surface area contributed by atoms with Crippen molar-refractivity contribution >= 4 is 44.1 Å². The van der Waals surface area contributed by atoms with Crippen molar-refractivity contribution in [2.24, 2.45) is 0 Å². The number of carbonyl (C=O) groups is 1. The van der Waals surface area contributed by atoms with Crippen LogP contribution in [0.1, 0.15) is 16.8 Å². The molecule has 1 aromatic carbocycles. The molecule has 24 heavy (non-hydrogen) atoms. The highest BCUT2D eigenvalue weighted by atomic mass is 79.9. The van der Waals surface area contributed by atoms with Gasteiger partial charge in [0, 0.05) is 23.7 Å². The SMILES string of the molecule is COc1cc2c(CC(=O)O)c(C)n(Cc3csc(Br)c3)c2cc1F. The van der Waals surface area contributed by atoms with Gasteiger partial charge in [-0.3, -0.25) is 4.79 Å². The normalized spacial score (nSPS) is 11.2. The fraction of sp³-hybridized carbons (Fsp3) is 0.235. The van der Waals surface area contributed by atoms with E-state index in [1.165, 1.54) is 13.2 Å². The number of nitrogens with zero attached hydrogens (tertiary/aromatic N) is 1. The first kappa shape index (κ1) is 17.0. The van der Waals surface area contributed by atoms with Crippen molar-refractivity contribution in [3.63, 3.8) is 0 Å². The molecule has 0 radical (unpaired) electrons. The van der Waals surface area contributed by atoms with E-state index in [2.05, 4.69) is 15.9 Å². The van der Waals surface area contributed by atoms with Gasteiger partial charge in [-0.25, -0.2) is 4.39 Å². The summed E-state index contributed by atoms with van der Waals surface area (Å²) in [6.07, 6.45) is -0.114. The number of methoxy groups -OCH3 is 1. The standard InChI is InChI=1S/C17H15BrFNO3S/c1-9-11(5-17(21)22)12-4-15(23-2)13(19)6-14(12)20(9)7-10-3-16(18)24-8-10/h3-4,6,8H,5,7H2,1-2H3,(H,21,22). The molecular weight excluding hydrogens is 397 g/mol. The van der Waals surface area contributed by atoms with Crippen LogP contribution in [0.15, 0.2) is 27.4 Å². The second-order valence-corrected chi connectivity index (χ2v) is 7.77. The lowest BCUT2D eigenvalue weighted by molar-refractivity contribution is -0.136. The molecule has 0 aliphatic rings. The number of halogens is 2. The van der Waals surface area contributed by atoms with Crippen molar-refractivity contribution in [2.45, 2.75) is 19.9 Å². The quantitative estimate of drug-likeness (QED) is 0.667. The number of ether oxygens (including phenoxy) is 1. The predicted octanol–water partition coefficient (Wildman–Crippen LogP) is 4.60. The van der Waals surface area contributed by atoms with Crippen LogP contribution in [0.5, 0.6) is 5.75 Å². The fourth-order valence-electron chi connectivity index (χ4n) is 2.89. The minimum atomic E-state index is -0.918. The van der Waals surface area contributed by atoms with Crippen LogP contribution >= 0.6 is 27.3 Å². The maximum Gasteiger partial charge on any atom is 0.307 e. The monoisotopic (exact) mass is 411 g/mol. The zero-order valence-electron chi connectivity index (χ0n) is 13.1. The Hall–Kier alpha value is -1.86. The molecule has 0 fully saturated rings. The molecule has 0 amide bonds. The Morgan fingerprint density at radius 1 is 1.42 bits per heavy atom. The Bertz CT molecular complexity index is 932. The molecule has 0 atom stereocenters. The number of thiophene rings is 1. The van der Waals surface area contributed by atoms with Crippen LogP contribution in [0.4, 0.5) is 4.39 Å². The number of carboxylic acid groups (broad SMARTS) is 1. The number of aromatic nitrogens is 1. The molecule has 0 aliphatic heterocycles. The van der Waals surface area contributed by atoms with Crippen LogP contribution in [0.3, 0.4) is 0 Å². The second-order valence-electron chi connectivity index (χ2n) is 5.48. The molecule has 3 aromatic rings. The summed E-state index contributed by atoms with van der Waals surface area (Å²) >= 11 is 5.01. The van der Waals surface area contributed by atoms with Gasteiger partial charge in [0.25, 0.3) is 0 Å². The highest BCUT2D eigenvalue weighted by molar-refractivity contribution is 9.11. The first-order valence-electron chi connectivity index (χ1n) is 7.20. The summed E-state index contributed by atoms with van der Waals surface area (Å²) in [6.45, 7) is 2.42. The molecule has 0 spiro atoms. The Balaban J connectivity index is 2.21. The van der Waals surface area contributed by atoms with E-state index in [0.717, 1.165) is 15.0 Å². The van der Waals surface area contributed by atoms with Crippen LogP contribution < -0.4 is 4.74 Å². The summed E-state index contributed by atoms with van der Waals surface area (Å²) in [4.78, 5) is 11.2. The lowest BCUT2D eigenvalue weighted by atomic mass is 10.1. The fourth-order valence-corrected chi connectivity index (χ4v) is 4.09. The zero-order chi connectivity index (χ0) is 17.4. The third-order valence-electron chi connectivity index (χ3n) is 4.02. The van der Waals surface area contributed by atoms with E-state index >= 15 is 0 Å². The molecule has 0 bridgehead atoms. The lowest BCUT2D eigenvalue weighted by Gasteiger charge is -2.08. The molecule has 2 heterocycles. The summed E-state index contributed by atoms with van der Waals surface area (Å²) in [5.41, 5.74) is 3.25. The van der Waals surface area contributed by atoms with Gasteiger partial charge in [-0.15, -0.1) is 11.3 Å². The molecule has 3 rings (SSSR count). The minimum Gasteiger partial charge on any atom is -0.494 e. The molecule has 4 nitrogen and oxygen atoms in total. The summed E-state index contributed by atoms with van der Waals surface area (Å²) in [5, 5.41) is 11.9. The molecule has 0 saturated heterocycles. The third-order valence-corrected chi connectivity index (χ3v) is 5.57.